The third-order valence-corrected chi connectivity index (χ3v) is 3.58. The average molecular weight is 319 g/mol. The van der Waals surface area contributed by atoms with Crippen molar-refractivity contribution >= 4 is 23.5 Å². The van der Waals surface area contributed by atoms with Gasteiger partial charge < -0.3 is 5.11 Å². The molecule has 0 aliphatic rings. The lowest BCUT2D eigenvalue weighted by molar-refractivity contribution is 0.104. The van der Waals surface area contributed by atoms with Gasteiger partial charge in [-0.15, -0.1) is 0 Å². The number of allylic oxidation sites excluding steroid dienone is 1. The zero-order chi connectivity index (χ0) is 16.3. The van der Waals surface area contributed by atoms with Crippen LogP contribution in [0.5, 0.6) is 5.75 Å². The number of halogens is 1. The molecule has 5 heteroatoms. The molecule has 0 saturated carbocycles. The van der Waals surface area contributed by atoms with E-state index < -0.39 is 0 Å². The van der Waals surface area contributed by atoms with E-state index in [0.717, 1.165) is 17.8 Å². The summed E-state index contributed by atoms with van der Waals surface area (Å²) in [7, 11) is 0. The lowest BCUT2D eigenvalue weighted by Crippen LogP contribution is -2.06. The summed E-state index contributed by atoms with van der Waals surface area (Å²) < 4.78 is 1.75. The summed E-state index contributed by atoms with van der Waals surface area (Å²) >= 11 is 6.33. The van der Waals surface area contributed by atoms with E-state index in [1.165, 1.54) is 18.2 Å². The first-order valence-electron chi connectivity index (χ1n) is 7.13. The van der Waals surface area contributed by atoms with Crippen molar-refractivity contribution in [2.75, 3.05) is 0 Å². The van der Waals surface area contributed by atoms with E-state index in [1.54, 1.807) is 22.9 Å². The van der Waals surface area contributed by atoms with E-state index >= 15 is 0 Å². The van der Waals surface area contributed by atoms with Gasteiger partial charge in [0.15, 0.2) is 5.78 Å². The van der Waals surface area contributed by atoms with Crippen LogP contribution in [0.2, 0.25) is 5.15 Å². The SMILES string of the molecule is Cc1nn(CC(C)C)c(Cl)c1/C=C/C(=O)c1cccc(O)c1. The Hall–Kier alpha value is -2.07. The van der Waals surface area contributed by atoms with Gasteiger partial charge in [-0.2, -0.15) is 5.10 Å². The van der Waals surface area contributed by atoms with E-state index in [0.29, 0.717) is 16.6 Å². The quantitative estimate of drug-likeness (QED) is 0.667. The molecule has 0 bridgehead atoms. The Kier molecular flexibility index (Phi) is 5.03. The van der Waals surface area contributed by atoms with Crippen LogP contribution in [0.15, 0.2) is 30.3 Å². The summed E-state index contributed by atoms with van der Waals surface area (Å²) in [4.78, 5) is 12.1. The highest BCUT2D eigenvalue weighted by molar-refractivity contribution is 6.31. The number of rotatable bonds is 5. The van der Waals surface area contributed by atoms with Gasteiger partial charge in [0.05, 0.1) is 5.69 Å². The Balaban J connectivity index is 2.23. The predicted molar refractivity (Wildman–Crippen MR) is 88.3 cm³/mol. The Morgan fingerprint density at radius 3 is 2.82 bits per heavy atom. The van der Waals surface area contributed by atoms with Crippen molar-refractivity contribution in [3.8, 4) is 5.75 Å². The zero-order valence-corrected chi connectivity index (χ0v) is 13.6. The van der Waals surface area contributed by atoms with Crippen LogP contribution < -0.4 is 0 Å². The van der Waals surface area contributed by atoms with Crippen LogP contribution in [0.3, 0.4) is 0 Å². The largest absolute Gasteiger partial charge is 0.508 e. The van der Waals surface area contributed by atoms with Gasteiger partial charge >= 0.3 is 0 Å². The number of phenols is 1. The molecule has 1 aromatic carbocycles. The number of hydrogen-bond acceptors (Lipinski definition) is 3. The number of carbonyl (C=O) groups is 1. The molecular formula is C17H19ClN2O2. The van der Waals surface area contributed by atoms with Gasteiger partial charge in [-0.05, 0) is 37.1 Å². The first-order chi connectivity index (χ1) is 10.4. The number of hydrogen-bond donors (Lipinski definition) is 1. The van der Waals surface area contributed by atoms with Gasteiger partial charge in [0.1, 0.15) is 10.9 Å². The fourth-order valence-electron chi connectivity index (χ4n) is 2.14. The maximum atomic E-state index is 12.1. The molecule has 22 heavy (non-hydrogen) atoms. The molecule has 0 saturated heterocycles. The topological polar surface area (TPSA) is 55.1 Å². The maximum absolute atomic E-state index is 12.1. The number of ketones is 1. The second-order valence-electron chi connectivity index (χ2n) is 5.61. The third kappa shape index (κ3) is 3.77. The van der Waals surface area contributed by atoms with Crippen LogP contribution in [0.4, 0.5) is 0 Å². The van der Waals surface area contributed by atoms with Crippen molar-refractivity contribution in [2.24, 2.45) is 5.92 Å². The van der Waals surface area contributed by atoms with Crippen LogP contribution in [0, 0.1) is 12.8 Å². The molecule has 0 atom stereocenters. The van der Waals surface area contributed by atoms with Crippen molar-refractivity contribution in [1.29, 1.82) is 0 Å². The van der Waals surface area contributed by atoms with Gasteiger partial charge in [-0.3, -0.25) is 9.48 Å². The molecule has 2 aromatic rings. The smallest absolute Gasteiger partial charge is 0.185 e. The summed E-state index contributed by atoms with van der Waals surface area (Å²) in [5.74, 6) is 0.309. The van der Waals surface area contributed by atoms with Gasteiger partial charge in [0.25, 0.3) is 0 Å². The summed E-state index contributed by atoms with van der Waals surface area (Å²) in [5, 5.41) is 14.3. The van der Waals surface area contributed by atoms with E-state index in [4.69, 9.17) is 11.6 Å². The number of nitrogens with zero attached hydrogens (tertiary/aromatic N) is 2. The Labute approximate surface area is 135 Å². The van der Waals surface area contributed by atoms with Crippen molar-refractivity contribution in [2.45, 2.75) is 27.3 Å². The summed E-state index contributed by atoms with van der Waals surface area (Å²) in [6, 6.07) is 6.25. The van der Waals surface area contributed by atoms with Gasteiger partial charge in [-0.25, -0.2) is 0 Å². The number of aryl methyl sites for hydroxylation is 1. The highest BCUT2D eigenvalue weighted by atomic mass is 35.5. The van der Waals surface area contributed by atoms with Gasteiger partial charge in [0.2, 0.25) is 0 Å². The van der Waals surface area contributed by atoms with Crippen LogP contribution in [0.1, 0.15) is 35.5 Å². The number of carbonyl (C=O) groups excluding carboxylic acids is 1. The van der Waals surface area contributed by atoms with Crippen LogP contribution >= 0.6 is 11.6 Å². The summed E-state index contributed by atoms with van der Waals surface area (Å²) in [6.45, 7) is 6.78. The van der Waals surface area contributed by atoms with Crippen LogP contribution in [0.25, 0.3) is 6.08 Å². The molecule has 1 heterocycles. The summed E-state index contributed by atoms with van der Waals surface area (Å²) in [6.07, 6.45) is 3.12. The molecule has 0 amide bonds. The molecule has 1 N–H and O–H groups in total. The van der Waals surface area contributed by atoms with Crippen LogP contribution in [-0.2, 0) is 6.54 Å². The monoisotopic (exact) mass is 318 g/mol. The highest BCUT2D eigenvalue weighted by Crippen LogP contribution is 2.22. The molecule has 0 aliphatic carbocycles. The number of aromatic nitrogens is 2. The van der Waals surface area contributed by atoms with E-state index in [9.17, 15) is 9.90 Å². The first-order valence-corrected chi connectivity index (χ1v) is 7.50. The minimum Gasteiger partial charge on any atom is -0.508 e. The predicted octanol–water partition coefficient (Wildman–Crippen LogP) is 4.10. The molecule has 0 spiro atoms. The molecule has 0 aliphatic heterocycles. The first kappa shape index (κ1) is 16.3. The molecule has 0 unspecified atom stereocenters. The maximum Gasteiger partial charge on any atom is 0.185 e. The fourth-order valence-corrected chi connectivity index (χ4v) is 2.44. The molecule has 1 aromatic heterocycles. The van der Waals surface area contributed by atoms with Crippen molar-refractivity contribution in [1.82, 2.24) is 9.78 Å². The zero-order valence-electron chi connectivity index (χ0n) is 12.9. The van der Waals surface area contributed by atoms with Crippen molar-refractivity contribution < 1.29 is 9.90 Å². The third-order valence-electron chi connectivity index (χ3n) is 3.18. The molecule has 116 valence electrons. The second kappa shape index (κ2) is 6.79. The minimum atomic E-state index is -0.192. The highest BCUT2D eigenvalue weighted by Gasteiger charge is 2.12. The molecule has 4 nitrogen and oxygen atoms in total. The number of benzene rings is 1. The second-order valence-corrected chi connectivity index (χ2v) is 5.97. The van der Waals surface area contributed by atoms with E-state index in [-0.39, 0.29) is 11.5 Å². The molecule has 2 rings (SSSR count). The van der Waals surface area contributed by atoms with Gasteiger partial charge in [0, 0.05) is 17.7 Å². The Bertz CT molecular complexity index is 717. The van der Waals surface area contributed by atoms with Crippen molar-refractivity contribution in [3.05, 3.63) is 52.3 Å². The van der Waals surface area contributed by atoms with Crippen LogP contribution in [-0.4, -0.2) is 20.7 Å². The standard InChI is InChI=1S/C17H19ClN2O2/c1-11(2)10-20-17(18)15(12(3)19-20)7-8-16(22)13-5-4-6-14(21)9-13/h4-9,11,21H,10H2,1-3H3/b8-7+. The molecule has 0 fully saturated rings. The van der Waals surface area contributed by atoms with E-state index in [1.807, 2.05) is 6.92 Å². The minimum absolute atomic E-state index is 0.0678. The number of phenolic OH excluding ortho intramolecular Hbond substituents is 1. The fraction of sp³-hybridized carbons (Fsp3) is 0.294. The van der Waals surface area contributed by atoms with Crippen molar-refractivity contribution in [3.63, 3.8) is 0 Å². The normalized spacial score (nSPS) is 11.5. The number of aromatic hydroxyl groups is 1. The molecular weight excluding hydrogens is 300 g/mol. The van der Waals surface area contributed by atoms with E-state index in [2.05, 4.69) is 18.9 Å². The lowest BCUT2D eigenvalue weighted by atomic mass is 10.1. The lowest BCUT2D eigenvalue weighted by Gasteiger charge is -2.05. The van der Waals surface area contributed by atoms with Gasteiger partial charge in [-0.1, -0.05) is 37.6 Å². The average Bonchev–Trinajstić information content (AvgIpc) is 2.70. The molecule has 0 radical (unpaired) electrons. The summed E-state index contributed by atoms with van der Waals surface area (Å²) in [5.41, 5.74) is 1.96. The Morgan fingerprint density at radius 2 is 2.18 bits per heavy atom. The Morgan fingerprint density at radius 1 is 1.45 bits per heavy atom.